The SMILES string of the molecule is O=C(NCC1CCCN1)C(O)Cc1cccc(C(F)(F)F)c1. The second kappa shape index (κ2) is 7.11. The van der Waals surface area contributed by atoms with Gasteiger partial charge in [-0.15, -0.1) is 0 Å². The van der Waals surface area contributed by atoms with Gasteiger partial charge in [-0.25, -0.2) is 0 Å². The molecule has 7 heteroatoms. The quantitative estimate of drug-likeness (QED) is 0.771. The van der Waals surface area contributed by atoms with Crippen molar-refractivity contribution in [2.45, 2.75) is 37.6 Å². The molecule has 0 spiro atoms. The Morgan fingerprint density at radius 2 is 2.23 bits per heavy atom. The predicted octanol–water partition coefficient (Wildman–Crippen LogP) is 1.48. The number of rotatable bonds is 5. The van der Waals surface area contributed by atoms with E-state index in [-0.39, 0.29) is 18.0 Å². The van der Waals surface area contributed by atoms with Crippen LogP contribution in [0.5, 0.6) is 0 Å². The highest BCUT2D eigenvalue weighted by molar-refractivity contribution is 5.80. The Balaban J connectivity index is 1.87. The van der Waals surface area contributed by atoms with Gasteiger partial charge in [0.05, 0.1) is 5.56 Å². The summed E-state index contributed by atoms with van der Waals surface area (Å²) in [6, 6.07) is 4.84. The van der Waals surface area contributed by atoms with Crippen molar-refractivity contribution in [1.82, 2.24) is 10.6 Å². The fraction of sp³-hybridized carbons (Fsp3) is 0.533. The molecule has 1 aromatic carbocycles. The molecule has 0 bridgehead atoms. The third-order valence-corrected chi connectivity index (χ3v) is 3.67. The van der Waals surface area contributed by atoms with E-state index in [0.29, 0.717) is 6.54 Å². The number of hydrogen-bond donors (Lipinski definition) is 3. The van der Waals surface area contributed by atoms with E-state index in [1.807, 2.05) is 0 Å². The molecule has 1 saturated heterocycles. The molecular formula is C15H19F3N2O2. The van der Waals surface area contributed by atoms with Crippen LogP contribution in [-0.4, -0.2) is 36.2 Å². The molecule has 1 fully saturated rings. The van der Waals surface area contributed by atoms with Crippen molar-refractivity contribution in [2.24, 2.45) is 0 Å². The van der Waals surface area contributed by atoms with Crippen LogP contribution in [0, 0.1) is 0 Å². The Kier molecular flexibility index (Phi) is 5.42. The van der Waals surface area contributed by atoms with E-state index < -0.39 is 23.8 Å². The van der Waals surface area contributed by atoms with Crippen molar-refractivity contribution in [3.63, 3.8) is 0 Å². The predicted molar refractivity (Wildman–Crippen MR) is 75.2 cm³/mol. The van der Waals surface area contributed by atoms with Gasteiger partial charge in [-0.1, -0.05) is 18.2 Å². The van der Waals surface area contributed by atoms with E-state index in [9.17, 15) is 23.1 Å². The summed E-state index contributed by atoms with van der Waals surface area (Å²) in [5.74, 6) is -0.564. The molecule has 0 radical (unpaired) electrons. The molecule has 1 amide bonds. The molecule has 4 nitrogen and oxygen atoms in total. The van der Waals surface area contributed by atoms with Crippen LogP contribution in [0.3, 0.4) is 0 Å². The maximum atomic E-state index is 12.6. The summed E-state index contributed by atoms with van der Waals surface area (Å²) in [4.78, 5) is 11.8. The summed E-state index contributed by atoms with van der Waals surface area (Å²) >= 11 is 0. The van der Waals surface area contributed by atoms with Crippen molar-refractivity contribution >= 4 is 5.91 Å². The Morgan fingerprint density at radius 3 is 2.86 bits per heavy atom. The Bertz CT molecular complexity index is 514. The van der Waals surface area contributed by atoms with Crippen molar-refractivity contribution in [3.8, 4) is 0 Å². The van der Waals surface area contributed by atoms with E-state index in [1.165, 1.54) is 12.1 Å². The highest BCUT2D eigenvalue weighted by atomic mass is 19.4. The Labute approximate surface area is 126 Å². The lowest BCUT2D eigenvalue weighted by Crippen LogP contribution is -2.42. The average Bonchev–Trinajstić information content (AvgIpc) is 2.97. The third-order valence-electron chi connectivity index (χ3n) is 3.67. The first-order valence-electron chi connectivity index (χ1n) is 7.21. The summed E-state index contributed by atoms with van der Waals surface area (Å²) in [6.45, 7) is 1.33. The zero-order valence-corrected chi connectivity index (χ0v) is 12.0. The molecule has 122 valence electrons. The van der Waals surface area contributed by atoms with Crippen LogP contribution in [0.25, 0.3) is 0 Å². The monoisotopic (exact) mass is 316 g/mol. The molecule has 0 aliphatic carbocycles. The molecule has 22 heavy (non-hydrogen) atoms. The number of halogens is 3. The lowest BCUT2D eigenvalue weighted by atomic mass is 10.0. The van der Waals surface area contributed by atoms with Gasteiger partial charge in [-0.3, -0.25) is 4.79 Å². The standard InChI is InChI=1S/C15H19F3N2O2/c16-15(17,18)11-4-1-3-10(7-11)8-13(21)14(22)20-9-12-5-2-6-19-12/h1,3-4,7,12-13,19,21H,2,5-6,8-9H2,(H,20,22). The molecule has 0 saturated carbocycles. The lowest BCUT2D eigenvalue weighted by Gasteiger charge is -2.15. The maximum Gasteiger partial charge on any atom is 0.416 e. The second-order valence-corrected chi connectivity index (χ2v) is 5.46. The number of hydrogen-bond acceptors (Lipinski definition) is 3. The van der Waals surface area contributed by atoms with Crippen LogP contribution in [0.2, 0.25) is 0 Å². The first-order valence-corrected chi connectivity index (χ1v) is 7.21. The Hall–Kier alpha value is -1.60. The van der Waals surface area contributed by atoms with Crippen molar-refractivity contribution in [2.75, 3.05) is 13.1 Å². The van der Waals surface area contributed by atoms with Crippen LogP contribution in [0.15, 0.2) is 24.3 Å². The first kappa shape index (κ1) is 16.8. The zero-order valence-electron chi connectivity index (χ0n) is 12.0. The fourth-order valence-electron chi connectivity index (χ4n) is 2.46. The lowest BCUT2D eigenvalue weighted by molar-refractivity contribution is -0.137. The molecule has 3 N–H and O–H groups in total. The molecule has 0 aromatic heterocycles. The highest BCUT2D eigenvalue weighted by Gasteiger charge is 2.30. The number of aliphatic hydroxyl groups excluding tert-OH is 1. The summed E-state index contributed by atoms with van der Waals surface area (Å²) in [6.07, 6.45) is -3.92. The zero-order chi connectivity index (χ0) is 16.2. The van der Waals surface area contributed by atoms with Crippen molar-refractivity contribution in [3.05, 3.63) is 35.4 Å². The minimum atomic E-state index is -4.43. The number of carbonyl (C=O) groups excluding carboxylic acids is 1. The van der Waals surface area contributed by atoms with Gasteiger partial charge in [0.1, 0.15) is 6.10 Å². The van der Waals surface area contributed by atoms with Gasteiger partial charge in [0.15, 0.2) is 0 Å². The van der Waals surface area contributed by atoms with Crippen LogP contribution in [0.1, 0.15) is 24.0 Å². The molecule has 1 aromatic rings. The van der Waals surface area contributed by atoms with Crippen LogP contribution < -0.4 is 10.6 Å². The molecule has 1 aliphatic heterocycles. The summed E-state index contributed by atoms with van der Waals surface area (Å²) in [7, 11) is 0. The molecule has 2 rings (SSSR count). The second-order valence-electron chi connectivity index (χ2n) is 5.46. The molecule has 1 heterocycles. The maximum absolute atomic E-state index is 12.6. The fourth-order valence-corrected chi connectivity index (χ4v) is 2.46. The van der Waals surface area contributed by atoms with E-state index in [0.717, 1.165) is 31.5 Å². The highest BCUT2D eigenvalue weighted by Crippen LogP contribution is 2.29. The number of benzene rings is 1. The van der Waals surface area contributed by atoms with Gasteiger partial charge in [-0.2, -0.15) is 13.2 Å². The summed E-state index contributed by atoms with van der Waals surface area (Å²) in [5, 5.41) is 15.6. The molecule has 1 aliphatic rings. The first-order chi connectivity index (χ1) is 10.4. The Morgan fingerprint density at radius 1 is 1.45 bits per heavy atom. The van der Waals surface area contributed by atoms with Crippen LogP contribution >= 0.6 is 0 Å². The van der Waals surface area contributed by atoms with Crippen molar-refractivity contribution < 1.29 is 23.1 Å². The van der Waals surface area contributed by atoms with Gasteiger partial charge >= 0.3 is 6.18 Å². The number of amides is 1. The smallest absolute Gasteiger partial charge is 0.383 e. The normalized spacial score (nSPS) is 19.9. The van der Waals surface area contributed by atoms with Crippen molar-refractivity contribution in [1.29, 1.82) is 0 Å². The summed E-state index contributed by atoms with van der Waals surface area (Å²) in [5.41, 5.74) is -0.510. The average molecular weight is 316 g/mol. The minimum absolute atomic E-state index is 0.145. The van der Waals surface area contributed by atoms with E-state index >= 15 is 0 Å². The number of carbonyl (C=O) groups is 1. The van der Waals surface area contributed by atoms with Crippen LogP contribution in [-0.2, 0) is 17.4 Å². The van der Waals surface area contributed by atoms with Gasteiger partial charge in [0.25, 0.3) is 0 Å². The number of alkyl halides is 3. The molecule has 2 atom stereocenters. The van der Waals surface area contributed by atoms with Gasteiger partial charge in [0, 0.05) is 19.0 Å². The van der Waals surface area contributed by atoms with Crippen LogP contribution in [0.4, 0.5) is 13.2 Å². The van der Waals surface area contributed by atoms with E-state index in [4.69, 9.17) is 0 Å². The minimum Gasteiger partial charge on any atom is -0.383 e. The largest absolute Gasteiger partial charge is 0.416 e. The summed E-state index contributed by atoms with van der Waals surface area (Å²) < 4.78 is 37.8. The van der Waals surface area contributed by atoms with Gasteiger partial charge in [0.2, 0.25) is 5.91 Å². The van der Waals surface area contributed by atoms with Gasteiger partial charge < -0.3 is 15.7 Å². The third kappa shape index (κ3) is 4.71. The number of aliphatic hydroxyl groups is 1. The molecular weight excluding hydrogens is 297 g/mol. The van der Waals surface area contributed by atoms with Gasteiger partial charge in [-0.05, 0) is 31.0 Å². The molecule has 2 unspecified atom stereocenters. The topological polar surface area (TPSA) is 61.4 Å². The van der Waals surface area contributed by atoms with E-state index in [2.05, 4.69) is 10.6 Å². The van der Waals surface area contributed by atoms with E-state index in [1.54, 1.807) is 0 Å². The number of nitrogens with one attached hydrogen (secondary N) is 2.